The number of rotatable bonds is 4. The number of ketones is 1. The summed E-state index contributed by atoms with van der Waals surface area (Å²) in [6, 6.07) is 1.83. The number of anilines is 1. The highest BCUT2D eigenvalue weighted by atomic mass is 16.1. The molecule has 1 aromatic rings. The molecule has 1 aliphatic heterocycles. The molecule has 1 aliphatic rings. The standard InChI is InChI=1S/C15H24N4O/c1-15(2,3)13(20)5-8-18-9-11-19(12-10-18)14-16-6-4-7-17-14/h4,6-7H,5,8-12H2,1-3H3. The Morgan fingerprint density at radius 3 is 2.30 bits per heavy atom. The Bertz CT molecular complexity index is 433. The third kappa shape index (κ3) is 4.00. The zero-order valence-electron chi connectivity index (χ0n) is 12.7. The molecule has 2 rings (SSSR count). The van der Waals surface area contributed by atoms with E-state index in [1.54, 1.807) is 12.4 Å². The smallest absolute Gasteiger partial charge is 0.225 e. The van der Waals surface area contributed by atoms with Crippen LogP contribution in [0.2, 0.25) is 0 Å². The molecule has 0 N–H and O–H groups in total. The number of hydrogen-bond acceptors (Lipinski definition) is 5. The van der Waals surface area contributed by atoms with Crippen molar-refractivity contribution in [2.45, 2.75) is 27.2 Å². The van der Waals surface area contributed by atoms with E-state index in [1.165, 1.54) is 0 Å². The van der Waals surface area contributed by atoms with Crippen molar-refractivity contribution in [3.63, 3.8) is 0 Å². The number of Topliss-reactive ketones (excluding diaryl/α,β-unsaturated/α-hetero) is 1. The van der Waals surface area contributed by atoms with E-state index in [1.807, 2.05) is 26.8 Å². The Labute approximate surface area is 121 Å². The van der Waals surface area contributed by atoms with Crippen molar-refractivity contribution in [3.05, 3.63) is 18.5 Å². The lowest BCUT2D eigenvalue weighted by Crippen LogP contribution is -2.47. The second-order valence-electron chi connectivity index (χ2n) is 6.30. The average Bonchev–Trinajstić information content (AvgIpc) is 2.45. The summed E-state index contributed by atoms with van der Waals surface area (Å²) in [5.41, 5.74) is -0.223. The summed E-state index contributed by atoms with van der Waals surface area (Å²) < 4.78 is 0. The molecule has 0 saturated carbocycles. The molecule has 0 amide bonds. The first-order chi connectivity index (χ1) is 9.47. The third-order valence-corrected chi connectivity index (χ3v) is 3.70. The van der Waals surface area contributed by atoms with Crippen LogP contribution in [0.25, 0.3) is 0 Å². The van der Waals surface area contributed by atoms with Crippen LogP contribution in [0.15, 0.2) is 18.5 Å². The minimum absolute atomic E-state index is 0.223. The van der Waals surface area contributed by atoms with E-state index < -0.39 is 0 Å². The normalized spacial score (nSPS) is 17.2. The molecule has 1 aromatic heterocycles. The van der Waals surface area contributed by atoms with Crippen LogP contribution >= 0.6 is 0 Å². The van der Waals surface area contributed by atoms with Crippen molar-refractivity contribution in [2.24, 2.45) is 5.41 Å². The number of carbonyl (C=O) groups is 1. The van der Waals surface area contributed by atoms with Gasteiger partial charge >= 0.3 is 0 Å². The third-order valence-electron chi connectivity index (χ3n) is 3.70. The van der Waals surface area contributed by atoms with Crippen LogP contribution in [0.4, 0.5) is 5.95 Å². The van der Waals surface area contributed by atoms with Crippen molar-refractivity contribution in [1.82, 2.24) is 14.9 Å². The highest BCUT2D eigenvalue weighted by Crippen LogP contribution is 2.17. The quantitative estimate of drug-likeness (QED) is 0.836. The minimum Gasteiger partial charge on any atom is -0.338 e. The summed E-state index contributed by atoms with van der Waals surface area (Å²) in [7, 11) is 0. The summed E-state index contributed by atoms with van der Waals surface area (Å²) in [4.78, 5) is 25.0. The number of carbonyl (C=O) groups excluding carboxylic acids is 1. The van der Waals surface area contributed by atoms with Gasteiger partial charge < -0.3 is 4.90 Å². The fourth-order valence-electron chi connectivity index (χ4n) is 2.26. The first kappa shape index (κ1) is 14.9. The molecule has 0 bridgehead atoms. The Morgan fingerprint density at radius 2 is 1.75 bits per heavy atom. The molecule has 0 aliphatic carbocycles. The zero-order chi connectivity index (χ0) is 14.6. The van der Waals surface area contributed by atoms with Crippen LogP contribution in [0, 0.1) is 5.41 Å². The number of aromatic nitrogens is 2. The van der Waals surface area contributed by atoms with Crippen molar-refractivity contribution in [3.8, 4) is 0 Å². The summed E-state index contributed by atoms with van der Waals surface area (Å²) in [6.45, 7) is 10.6. The summed E-state index contributed by atoms with van der Waals surface area (Å²) in [5.74, 6) is 1.14. The van der Waals surface area contributed by atoms with Crippen LogP contribution in [-0.4, -0.2) is 53.4 Å². The van der Waals surface area contributed by atoms with Gasteiger partial charge in [0.05, 0.1) is 0 Å². The van der Waals surface area contributed by atoms with Crippen LogP contribution in [-0.2, 0) is 4.79 Å². The van der Waals surface area contributed by atoms with Crippen molar-refractivity contribution in [2.75, 3.05) is 37.6 Å². The fourth-order valence-corrected chi connectivity index (χ4v) is 2.26. The lowest BCUT2D eigenvalue weighted by molar-refractivity contribution is -0.126. The molecule has 0 radical (unpaired) electrons. The number of hydrogen-bond donors (Lipinski definition) is 0. The monoisotopic (exact) mass is 276 g/mol. The van der Waals surface area contributed by atoms with Crippen LogP contribution in [0.1, 0.15) is 27.2 Å². The number of nitrogens with zero attached hydrogens (tertiary/aromatic N) is 4. The molecule has 2 heterocycles. The number of piperazine rings is 1. The van der Waals surface area contributed by atoms with Crippen LogP contribution in [0.5, 0.6) is 0 Å². The molecule has 5 heteroatoms. The highest BCUT2D eigenvalue weighted by molar-refractivity contribution is 5.83. The molecular weight excluding hydrogens is 252 g/mol. The van der Waals surface area contributed by atoms with Crippen molar-refractivity contribution >= 4 is 11.7 Å². The predicted molar refractivity (Wildman–Crippen MR) is 79.8 cm³/mol. The molecule has 5 nitrogen and oxygen atoms in total. The van der Waals surface area contributed by atoms with Gasteiger partial charge in [-0.3, -0.25) is 9.69 Å². The van der Waals surface area contributed by atoms with E-state index in [0.717, 1.165) is 38.7 Å². The van der Waals surface area contributed by atoms with E-state index in [-0.39, 0.29) is 5.41 Å². The molecule has 20 heavy (non-hydrogen) atoms. The van der Waals surface area contributed by atoms with E-state index in [4.69, 9.17) is 0 Å². The predicted octanol–water partition coefficient (Wildman–Crippen LogP) is 1.60. The SMILES string of the molecule is CC(C)(C)C(=O)CCN1CCN(c2ncccn2)CC1. The van der Waals surface area contributed by atoms with Gasteiger partial charge in [-0.05, 0) is 6.07 Å². The zero-order valence-corrected chi connectivity index (χ0v) is 12.7. The Kier molecular flexibility index (Phi) is 4.70. The van der Waals surface area contributed by atoms with Gasteiger partial charge in [0.15, 0.2) is 0 Å². The van der Waals surface area contributed by atoms with E-state index in [0.29, 0.717) is 12.2 Å². The first-order valence-corrected chi connectivity index (χ1v) is 7.24. The Morgan fingerprint density at radius 1 is 1.15 bits per heavy atom. The summed E-state index contributed by atoms with van der Waals surface area (Å²) in [5, 5.41) is 0. The van der Waals surface area contributed by atoms with Gasteiger partial charge in [-0.2, -0.15) is 0 Å². The van der Waals surface area contributed by atoms with Gasteiger partial charge in [0.25, 0.3) is 0 Å². The lowest BCUT2D eigenvalue weighted by Gasteiger charge is -2.34. The van der Waals surface area contributed by atoms with E-state index >= 15 is 0 Å². The van der Waals surface area contributed by atoms with Gasteiger partial charge in [0.1, 0.15) is 5.78 Å². The summed E-state index contributed by atoms with van der Waals surface area (Å²) >= 11 is 0. The maximum Gasteiger partial charge on any atom is 0.225 e. The van der Waals surface area contributed by atoms with Crippen molar-refractivity contribution < 1.29 is 4.79 Å². The molecule has 0 spiro atoms. The largest absolute Gasteiger partial charge is 0.338 e. The van der Waals surface area contributed by atoms with Crippen molar-refractivity contribution in [1.29, 1.82) is 0 Å². The van der Waals surface area contributed by atoms with Gasteiger partial charge in [-0.15, -0.1) is 0 Å². The minimum atomic E-state index is -0.223. The second kappa shape index (κ2) is 6.31. The molecule has 1 saturated heterocycles. The molecule has 0 atom stereocenters. The Hall–Kier alpha value is -1.49. The average molecular weight is 276 g/mol. The molecule has 0 aromatic carbocycles. The van der Waals surface area contributed by atoms with Gasteiger partial charge in [-0.1, -0.05) is 20.8 Å². The first-order valence-electron chi connectivity index (χ1n) is 7.24. The molecule has 0 unspecified atom stereocenters. The van der Waals surface area contributed by atoms with Gasteiger partial charge in [0, 0.05) is 57.0 Å². The molecular formula is C15H24N4O. The van der Waals surface area contributed by atoms with Crippen LogP contribution in [0.3, 0.4) is 0 Å². The summed E-state index contributed by atoms with van der Waals surface area (Å²) in [6.07, 6.45) is 4.19. The Balaban J connectivity index is 1.76. The topological polar surface area (TPSA) is 49.3 Å². The maximum atomic E-state index is 11.9. The maximum absolute atomic E-state index is 11.9. The highest BCUT2D eigenvalue weighted by Gasteiger charge is 2.23. The van der Waals surface area contributed by atoms with Gasteiger partial charge in [-0.25, -0.2) is 9.97 Å². The molecule has 1 fully saturated rings. The lowest BCUT2D eigenvalue weighted by atomic mass is 9.89. The van der Waals surface area contributed by atoms with E-state index in [9.17, 15) is 4.79 Å². The van der Waals surface area contributed by atoms with Gasteiger partial charge in [0.2, 0.25) is 5.95 Å². The fraction of sp³-hybridized carbons (Fsp3) is 0.667. The van der Waals surface area contributed by atoms with Crippen LogP contribution < -0.4 is 4.90 Å². The second-order valence-corrected chi connectivity index (χ2v) is 6.30. The molecule has 110 valence electrons. The van der Waals surface area contributed by atoms with E-state index in [2.05, 4.69) is 19.8 Å².